The average Bonchev–Trinajstić information content (AvgIpc) is 3.39. The van der Waals surface area contributed by atoms with E-state index in [9.17, 15) is 4.79 Å². The topological polar surface area (TPSA) is 54.7 Å². The maximum atomic E-state index is 12.0. The van der Waals surface area contributed by atoms with Crippen LogP contribution in [0.25, 0.3) is 0 Å². The average molecular weight is 409 g/mol. The number of hydrogen-bond donors (Lipinski definition) is 1. The van der Waals surface area contributed by atoms with Gasteiger partial charge in [-0.2, -0.15) is 11.8 Å². The number of fused-ring (bicyclic) bond motifs is 1. The Kier molecular flexibility index (Phi) is 6.42. The Bertz CT molecular complexity index is 929. The second-order valence-electron chi connectivity index (χ2n) is 6.89. The number of nitrogens with one attached hydrogen (secondary N) is 1. The number of furan rings is 1. The number of thioether (sulfide) groups is 1. The maximum absolute atomic E-state index is 12.0. The molecule has 4 rings (SSSR count). The van der Waals surface area contributed by atoms with Gasteiger partial charge in [0.1, 0.15) is 12.4 Å². The van der Waals surface area contributed by atoms with Crippen molar-refractivity contribution in [1.82, 2.24) is 0 Å². The second-order valence-corrected chi connectivity index (χ2v) is 8.00. The minimum atomic E-state index is -0.414. The van der Waals surface area contributed by atoms with Crippen molar-refractivity contribution in [2.24, 2.45) is 0 Å². The van der Waals surface area contributed by atoms with E-state index in [1.165, 1.54) is 16.8 Å². The Morgan fingerprint density at radius 1 is 1.14 bits per heavy atom. The summed E-state index contributed by atoms with van der Waals surface area (Å²) >= 11 is 1.67. The summed E-state index contributed by atoms with van der Waals surface area (Å²) in [6, 6.07) is 20.4. The zero-order valence-corrected chi connectivity index (χ0v) is 17.0. The van der Waals surface area contributed by atoms with Gasteiger partial charge in [0.2, 0.25) is 0 Å². The quantitative estimate of drug-likeness (QED) is 0.511. The van der Waals surface area contributed by atoms with Crippen LogP contribution in [-0.2, 0) is 23.5 Å². The van der Waals surface area contributed by atoms with Gasteiger partial charge in [-0.25, -0.2) is 4.79 Å². The third-order valence-electron chi connectivity index (χ3n) is 4.82. The Morgan fingerprint density at radius 2 is 2.03 bits per heavy atom. The molecule has 3 aromatic rings. The van der Waals surface area contributed by atoms with Crippen molar-refractivity contribution in [3.05, 3.63) is 83.8 Å². The highest BCUT2D eigenvalue weighted by Crippen LogP contribution is 2.31. The van der Waals surface area contributed by atoms with Gasteiger partial charge in [0.05, 0.1) is 12.0 Å². The molecule has 150 valence electrons. The number of carbonyl (C=O) groups excluding carboxylic acids is 1. The minimum Gasteiger partial charge on any atom is -0.468 e. The van der Waals surface area contributed by atoms with Crippen LogP contribution in [-0.4, -0.2) is 25.0 Å². The van der Waals surface area contributed by atoms with Gasteiger partial charge < -0.3 is 14.1 Å². The lowest BCUT2D eigenvalue weighted by Crippen LogP contribution is -2.19. The van der Waals surface area contributed by atoms with Gasteiger partial charge >= 0.3 is 6.09 Å². The zero-order chi connectivity index (χ0) is 19.9. The van der Waals surface area contributed by atoms with Crippen molar-refractivity contribution >= 4 is 29.2 Å². The van der Waals surface area contributed by atoms with Crippen molar-refractivity contribution in [2.45, 2.75) is 18.7 Å². The summed E-state index contributed by atoms with van der Waals surface area (Å²) in [5.74, 6) is 2.44. The third kappa shape index (κ3) is 5.35. The molecule has 1 aliphatic rings. The number of carbonyl (C=O) groups is 1. The first-order chi connectivity index (χ1) is 14.3. The summed E-state index contributed by atoms with van der Waals surface area (Å²) < 4.78 is 10.5. The lowest BCUT2D eigenvalue weighted by atomic mass is 10.1. The van der Waals surface area contributed by atoms with E-state index in [2.05, 4.69) is 40.5 Å². The van der Waals surface area contributed by atoms with Gasteiger partial charge in [0.25, 0.3) is 0 Å². The van der Waals surface area contributed by atoms with E-state index in [1.807, 2.05) is 30.3 Å². The molecule has 0 fully saturated rings. The van der Waals surface area contributed by atoms with Gasteiger partial charge in [0.15, 0.2) is 0 Å². The third-order valence-corrected chi connectivity index (χ3v) is 5.76. The molecule has 1 amide bonds. The van der Waals surface area contributed by atoms with E-state index in [-0.39, 0.29) is 0 Å². The number of ether oxygens (including phenoxy) is 1. The Morgan fingerprint density at radius 3 is 2.86 bits per heavy atom. The van der Waals surface area contributed by atoms with Crippen LogP contribution in [0.2, 0.25) is 0 Å². The molecular formula is C23H24N2O3S. The molecule has 2 heterocycles. The fraction of sp³-hybridized carbons (Fsp3) is 0.261. The standard InChI is InChI=1S/C23H24N2O3S/c26-23(28-13-14-29-17-21-7-4-12-27-21)24-20-8-9-22-19(15-20)10-11-25(22)16-18-5-2-1-3-6-18/h1-9,12,15H,10-11,13-14,16-17H2,(H,24,26). The van der Waals surface area contributed by atoms with Gasteiger partial charge in [-0.15, -0.1) is 0 Å². The highest BCUT2D eigenvalue weighted by molar-refractivity contribution is 7.98. The van der Waals surface area contributed by atoms with E-state index in [1.54, 1.807) is 18.0 Å². The van der Waals surface area contributed by atoms with Crippen LogP contribution in [0.15, 0.2) is 71.3 Å². The largest absolute Gasteiger partial charge is 0.468 e. The van der Waals surface area contributed by atoms with Crippen molar-refractivity contribution in [2.75, 3.05) is 29.1 Å². The lowest BCUT2D eigenvalue weighted by Gasteiger charge is -2.19. The number of hydrogen-bond acceptors (Lipinski definition) is 5. The van der Waals surface area contributed by atoms with Gasteiger partial charge in [-0.05, 0) is 47.9 Å². The summed E-state index contributed by atoms with van der Waals surface area (Å²) in [5, 5.41) is 2.83. The summed E-state index contributed by atoms with van der Waals surface area (Å²) in [6.45, 7) is 2.26. The molecule has 1 N–H and O–H groups in total. The van der Waals surface area contributed by atoms with Crippen LogP contribution < -0.4 is 10.2 Å². The van der Waals surface area contributed by atoms with Crippen molar-refractivity contribution in [3.63, 3.8) is 0 Å². The molecule has 0 bridgehead atoms. The molecule has 29 heavy (non-hydrogen) atoms. The van der Waals surface area contributed by atoms with Crippen LogP contribution in [0.1, 0.15) is 16.9 Å². The van der Waals surface area contributed by atoms with Gasteiger partial charge in [0, 0.05) is 30.2 Å². The first-order valence-corrected chi connectivity index (χ1v) is 10.9. The molecule has 0 atom stereocenters. The fourth-order valence-corrected chi connectivity index (χ4v) is 4.14. The molecule has 6 heteroatoms. The SMILES string of the molecule is O=C(Nc1ccc2c(c1)CCN2Cc1ccccc1)OCCSCc1ccco1. The molecule has 0 saturated heterocycles. The predicted molar refractivity (Wildman–Crippen MR) is 117 cm³/mol. The smallest absolute Gasteiger partial charge is 0.411 e. The van der Waals surface area contributed by atoms with Crippen LogP contribution in [0.5, 0.6) is 0 Å². The van der Waals surface area contributed by atoms with Gasteiger partial charge in [-0.3, -0.25) is 5.32 Å². The van der Waals surface area contributed by atoms with Gasteiger partial charge in [-0.1, -0.05) is 30.3 Å². The molecular weight excluding hydrogens is 384 g/mol. The second kappa shape index (κ2) is 9.56. The van der Waals surface area contributed by atoms with Crippen LogP contribution >= 0.6 is 11.8 Å². The highest BCUT2D eigenvalue weighted by Gasteiger charge is 2.19. The highest BCUT2D eigenvalue weighted by atomic mass is 32.2. The molecule has 0 spiro atoms. The molecule has 2 aromatic carbocycles. The van der Waals surface area contributed by atoms with E-state index >= 15 is 0 Å². The molecule has 0 unspecified atom stereocenters. The molecule has 0 saturated carbocycles. The zero-order valence-electron chi connectivity index (χ0n) is 16.2. The summed E-state index contributed by atoms with van der Waals surface area (Å²) in [4.78, 5) is 14.4. The summed E-state index contributed by atoms with van der Waals surface area (Å²) in [6.07, 6.45) is 2.23. The lowest BCUT2D eigenvalue weighted by molar-refractivity contribution is 0.169. The predicted octanol–water partition coefficient (Wildman–Crippen LogP) is 5.32. The number of rotatable bonds is 8. The van der Waals surface area contributed by atoms with E-state index < -0.39 is 6.09 Å². The normalized spacial score (nSPS) is 12.6. The van der Waals surface area contributed by atoms with Crippen LogP contribution in [0, 0.1) is 0 Å². The van der Waals surface area contributed by atoms with E-state index in [0.717, 1.165) is 42.5 Å². The first kappa shape index (κ1) is 19.5. The van der Waals surface area contributed by atoms with E-state index in [4.69, 9.17) is 9.15 Å². The molecule has 0 radical (unpaired) electrons. The Hall–Kier alpha value is -2.86. The number of anilines is 2. The fourth-order valence-electron chi connectivity index (χ4n) is 3.43. The van der Waals surface area contributed by atoms with E-state index in [0.29, 0.717) is 6.61 Å². The number of benzene rings is 2. The molecule has 1 aliphatic heterocycles. The molecule has 5 nitrogen and oxygen atoms in total. The summed E-state index contributed by atoms with van der Waals surface area (Å²) in [5.41, 5.74) is 4.57. The first-order valence-electron chi connectivity index (χ1n) is 9.73. The molecule has 1 aromatic heterocycles. The van der Waals surface area contributed by atoms with Crippen LogP contribution in [0.3, 0.4) is 0 Å². The maximum Gasteiger partial charge on any atom is 0.411 e. The summed E-state index contributed by atoms with van der Waals surface area (Å²) in [7, 11) is 0. The van der Waals surface area contributed by atoms with Crippen molar-refractivity contribution in [3.8, 4) is 0 Å². The number of amides is 1. The van der Waals surface area contributed by atoms with Crippen molar-refractivity contribution < 1.29 is 13.9 Å². The van der Waals surface area contributed by atoms with Crippen LogP contribution in [0.4, 0.5) is 16.2 Å². The minimum absolute atomic E-state index is 0.368. The molecule has 0 aliphatic carbocycles. The Balaban J connectivity index is 1.23. The van der Waals surface area contributed by atoms with Crippen molar-refractivity contribution in [1.29, 1.82) is 0 Å². The Labute approximate surface area is 175 Å². The monoisotopic (exact) mass is 408 g/mol. The number of nitrogens with zero attached hydrogens (tertiary/aromatic N) is 1.